The summed E-state index contributed by atoms with van der Waals surface area (Å²) in [6, 6.07) is 4.41. The highest BCUT2D eigenvalue weighted by atomic mass is 35.5. The highest BCUT2D eigenvalue weighted by Gasteiger charge is 2.30. The summed E-state index contributed by atoms with van der Waals surface area (Å²) < 4.78 is 41.1. The van der Waals surface area contributed by atoms with Crippen LogP contribution in [0.15, 0.2) is 18.2 Å². The normalized spacial score (nSPS) is 18.9. The lowest BCUT2D eigenvalue weighted by molar-refractivity contribution is -0.153. The summed E-state index contributed by atoms with van der Waals surface area (Å²) in [6.07, 6.45) is -4.82. The van der Waals surface area contributed by atoms with Gasteiger partial charge in [0.2, 0.25) is 0 Å². The molecule has 1 aromatic carbocycles. The second-order valence-corrected chi connectivity index (χ2v) is 5.27. The number of carbonyl (C=O) groups is 1. The fraction of sp³-hybridized carbons (Fsp3) is 0.462. The van der Waals surface area contributed by atoms with Crippen LogP contribution >= 0.6 is 11.6 Å². The SMILES string of the molecule is O=C(O)N1CC[C@@H](c2cc(Cl)cc(OCC(F)(F)F)c2)C1. The van der Waals surface area contributed by atoms with Crippen molar-refractivity contribution in [2.24, 2.45) is 0 Å². The Morgan fingerprint density at radius 2 is 2.14 bits per heavy atom. The van der Waals surface area contributed by atoms with Gasteiger partial charge in [-0.05, 0) is 30.2 Å². The van der Waals surface area contributed by atoms with E-state index < -0.39 is 18.9 Å². The monoisotopic (exact) mass is 323 g/mol. The number of ether oxygens (including phenoxy) is 1. The van der Waals surface area contributed by atoms with E-state index in [-0.39, 0.29) is 16.7 Å². The minimum atomic E-state index is -4.42. The molecule has 1 amide bonds. The standard InChI is InChI=1S/C13H13ClF3NO3/c14-10-3-9(8-1-2-18(6-8)12(19)20)4-11(5-10)21-7-13(15,16)17/h3-5,8H,1-2,6-7H2,(H,19,20)/t8-/m1/s1. The van der Waals surface area contributed by atoms with E-state index in [0.717, 1.165) is 0 Å². The molecule has 0 saturated carbocycles. The van der Waals surface area contributed by atoms with Gasteiger partial charge in [0.1, 0.15) is 5.75 Å². The van der Waals surface area contributed by atoms with Crippen LogP contribution in [0.4, 0.5) is 18.0 Å². The maximum absolute atomic E-state index is 12.2. The predicted octanol–water partition coefficient (Wildman–Crippen LogP) is 3.75. The van der Waals surface area contributed by atoms with Crippen molar-refractivity contribution in [2.75, 3.05) is 19.7 Å². The van der Waals surface area contributed by atoms with Crippen LogP contribution in [0.3, 0.4) is 0 Å². The van der Waals surface area contributed by atoms with Crippen LogP contribution in [0.2, 0.25) is 5.02 Å². The maximum atomic E-state index is 12.2. The molecule has 1 aliphatic heterocycles. The molecule has 0 aromatic heterocycles. The average Bonchev–Trinajstić information content (AvgIpc) is 2.84. The fourth-order valence-electron chi connectivity index (χ4n) is 2.27. The van der Waals surface area contributed by atoms with E-state index in [1.54, 1.807) is 6.07 Å². The van der Waals surface area contributed by atoms with Gasteiger partial charge in [-0.2, -0.15) is 13.2 Å². The molecule has 8 heteroatoms. The van der Waals surface area contributed by atoms with Gasteiger partial charge >= 0.3 is 12.3 Å². The average molecular weight is 324 g/mol. The lowest BCUT2D eigenvalue weighted by Gasteiger charge is -2.15. The summed E-state index contributed by atoms with van der Waals surface area (Å²) in [5, 5.41) is 9.17. The van der Waals surface area contributed by atoms with Gasteiger partial charge in [-0.1, -0.05) is 11.6 Å². The number of likely N-dealkylation sites (tertiary alicyclic amines) is 1. The molecule has 1 heterocycles. The van der Waals surface area contributed by atoms with Crippen molar-refractivity contribution in [3.8, 4) is 5.75 Å². The second kappa shape index (κ2) is 6.01. The highest BCUT2D eigenvalue weighted by Crippen LogP contribution is 2.32. The first-order chi connectivity index (χ1) is 9.74. The number of hydrogen-bond donors (Lipinski definition) is 1. The first kappa shape index (κ1) is 15.8. The van der Waals surface area contributed by atoms with E-state index in [2.05, 4.69) is 4.74 Å². The van der Waals surface area contributed by atoms with Crippen molar-refractivity contribution in [3.63, 3.8) is 0 Å². The van der Waals surface area contributed by atoms with Gasteiger partial charge in [-0.3, -0.25) is 0 Å². The Hall–Kier alpha value is -1.63. The molecule has 0 bridgehead atoms. The van der Waals surface area contributed by atoms with E-state index >= 15 is 0 Å². The number of benzene rings is 1. The first-order valence-electron chi connectivity index (χ1n) is 6.22. The fourth-order valence-corrected chi connectivity index (χ4v) is 2.51. The number of hydrogen-bond acceptors (Lipinski definition) is 2. The minimum absolute atomic E-state index is 0.0311. The summed E-state index contributed by atoms with van der Waals surface area (Å²) in [4.78, 5) is 12.1. The van der Waals surface area contributed by atoms with Gasteiger partial charge in [-0.25, -0.2) is 4.79 Å². The number of halogens is 4. The molecule has 116 valence electrons. The number of rotatable bonds is 3. The van der Waals surface area contributed by atoms with Crippen molar-refractivity contribution < 1.29 is 27.8 Å². The number of alkyl halides is 3. The van der Waals surface area contributed by atoms with Crippen molar-refractivity contribution in [2.45, 2.75) is 18.5 Å². The molecule has 1 fully saturated rings. The third-order valence-electron chi connectivity index (χ3n) is 3.23. The third-order valence-corrected chi connectivity index (χ3v) is 3.44. The van der Waals surface area contributed by atoms with Crippen LogP contribution in [0.1, 0.15) is 17.9 Å². The molecule has 2 rings (SSSR count). The van der Waals surface area contributed by atoms with Gasteiger partial charge in [0.15, 0.2) is 6.61 Å². The van der Waals surface area contributed by atoms with Gasteiger partial charge in [-0.15, -0.1) is 0 Å². The Bertz CT molecular complexity index is 536. The van der Waals surface area contributed by atoms with E-state index in [1.807, 2.05) is 0 Å². The maximum Gasteiger partial charge on any atom is 0.422 e. The molecule has 0 unspecified atom stereocenters. The molecule has 0 radical (unpaired) electrons. The molecule has 1 atom stereocenters. The summed E-state index contributed by atoms with van der Waals surface area (Å²) in [6.45, 7) is -0.696. The lowest BCUT2D eigenvalue weighted by atomic mass is 9.98. The zero-order valence-electron chi connectivity index (χ0n) is 10.9. The number of nitrogens with zero attached hydrogens (tertiary/aromatic N) is 1. The van der Waals surface area contributed by atoms with Crippen LogP contribution < -0.4 is 4.74 Å². The first-order valence-corrected chi connectivity index (χ1v) is 6.60. The van der Waals surface area contributed by atoms with Crippen molar-refractivity contribution in [1.82, 2.24) is 4.90 Å². The summed E-state index contributed by atoms with van der Waals surface area (Å²) >= 11 is 5.89. The van der Waals surface area contributed by atoms with Gasteiger partial charge < -0.3 is 14.7 Å². The molecule has 4 nitrogen and oxygen atoms in total. The predicted molar refractivity (Wildman–Crippen MR) is 70.0 cm³/mol. The van der Waals surface area contributed by atoms with Gasteiger partial charge in [0, 0.05) is 24.0 Å². The molecule has 1 aromatic rings. The van der Waals surface area contributed by atoms with Gasteiger partial charge in [0.25, 0.3) is 0 Å². The van der Waals surface area contributed by atoms with E-state index in [0.29, 0.717) is 25.1 Å². The third kappa shape index (κ3) is 4.42. The molecular weight excluding hydrogens is 311 g/mol. The lowest BCUT2D eigenvalue weighted by Crippen LogP contribution is -2.26. The molecule has 1 N–H and O–H groups in total. The summed E-state index contributed by atoms with van der Waals surface area (Å²) in [5.74, 6) is -0.0587. The van der Waals surface area contributed by atoms with Crippen molar-refractivity contribution in [3.05, 3.63) is 28.8 Å². The zero-order valence-corrected chi connectivity index (χ0v) is 11.6. The molecule has 0 aliphatic carbocycles. The Morgan fingerprint density at radius 3 is 2.71 bits per heavy atom. The van der Waals surface area contributed by atoms with E-state index in [9.17, 15) is 18.0 Å². The van der Waals surface area contributed by atoms with Crippen LogP contribution in [-0.4, -0.2) is 42.0 Å². The molecule has 21 heavy (non-hydrogen) atoms. The molecule has 1 saturated heterocycles. The molecular formula is C13H13ClF3NO3. The van der Waals surface area contributed by atoms with E-state index in [4.69, 9.17) is 16.7 Å². The number of amides is 1. The summed E-state index contributed by atoms with van der Waals surface area (Å²) in [7, 11) is 0. The van der Waals surface area contributed by atoms with Crippen LogP contribution in [0, 0.1) is 0 Å². The Morgan fingerprint density at radius 1 is 1.43 bits per heavy atom. The van der Waals surface area contributed by atoms with Crippen LogP contribution in [0.25, 0.3) is 0 Å². The summed E-state index contributed by atoms with van der Waals surface area (Å²) in [5.41, 5.74) is 0.684. The molecule has 1 aliphatic rings. The zero-order chi connectivity index (χ0) is 15.6. The Balaban J connectivity index is 2.10. The van der Waals surface area contributed by atoms with E-state index in [1.165, 1.54) is 17.0 Å². The van der Waals surface area contributed by atoms with Crippen LogP contribution in [-0.2, 0) is 0 Å². The smallest absolute Gasteiger partial charge is 0.422 e. The van der Waals surface area contributed by atoms with Gasteiger partial charge in [0.05, 0.1) is 0 Å². The molecule has 0 spiro atoms. The minimum Gasteiger partial charge on any atom is -0.484 e. The Labute approximate surface area is 124 Å². The topological polar surface area (TPSA) is 49.8 Å². The quantitative estimate of drug-likeness (QED) is 0.921. The number of carboxylic acid groups (broad SMARTS) is 1. The van der Waals surface area contributed by atoms with Crippen molar-refractivity contribution in [1.29, 1.82) is 0 Å². The highest BCUT2D eigenvalue weighted by molar-refractivity contribution is 6.30. The van der Waals surface area contributed by atoms with Crippen molar-refractivity contribution >= 4 is 17.7 Å². The Kier molecular flexibility index (Phi) is 4.51. The van der Waals surface area contributed by atoms with Crippen LogP contribution in [0.5, 0.6) is 5.75 Å². The second-order valence-electron chi connectivity index (χ2n) is 4.84. The largest absolute Gasteiger partial charge is 0.484 e.